The number of allylic oxidation sites excluding steroid dienone is 1. The number of para-hydroxylation sites is 1. The Morgan fingerprint density at radius 1 is 0.439 bits per heavy atom. The highest BCUT2D eigenvalue weighted by Gasteiger charge is 2.52. The van der Waals surface area contributed by atoms with Gasteiger partial charge in [-0.1, -0.05) is 184 Å². The van der Waals surface area contributed by atoms with E-state index in [0.29, 0.717) is 0 Å². The summed E-state index contributed by atoms with van der Waals surface area (Å²) in [5.74, 6) is 1.09. The second kappa shape index (κ2) is 13.8. The predicted octanol–water partition coefficient (Wildman–Crippen LogP) is 16.8. The van der Waals surface area contributed by atoms with Crippen LogP contribution in [0.1, 0.15) is 65.0 Å². The zero-order chi connectivity index (χ0) is 43.7. The molecule has 1 heterocycles. The Hall–Kier alpha value is -7.94. The molecule has 9 aromatic carbocycles. The number of aryl methyl sites for hydroxylation is 1. The Morgan fingerprint density at radius 3 is 1.74 bits per heavy atom. The molecule has 10 aromatic rings. The topological polar surface area (TPSA) is 16.4 Å². The van der Waals surface area contributed by atoms with Gasteiger partial charge >= 0.3 is 0 Å². The quantitative estimate of drug-likeness (QED) is 0.172. The minimum atomic E-state index is -0.422. The van der Waals surface area contributed by atoms with Gasteiger partial charge in [-0.15, -0.1) is 0 Å². The van der Waals surface area contributed by atoms with E-state index in [2.05, 4.69) is 231 Å². The van der Waals surface area contributed by atoms with Crippen LogP contribution in [0.25, 0.3) is 72.7 Å². The number of fused-ring (bicyclic) bond motifs is 16. The molecule has 0 bridgehead atoms. The molecular formula is C64H45NO. The average Bonchev–Trinajstić information content (AvgIpc) is 4.06. The summed E-state index contributed by atoms with van der Waals surface area (Å²) >= 11 is 0. The maximum absolute atomic E-state index is 6.42. The molecule has 0 fully saturated rings. The van der Waals surface area contributed by atoms with Gasteiger partial charge in [-0.25, -0.2) is 0 Å². The van der Waals surface area contributed by atoms with Crippen LogP contribution in [0.15, 0.2) is 211 Å². The van der Waals surface area contributed by atoms with E-state index in [1.54, 1.807) is 0 Å². The van der Waals surface area contributed by atoms with E-state index in [0.717, 1.165) is 52.4 Å². The molecule has 2 heteroatoms. The number of hydrogen-bond acceptors (Lipinski definition) is 2. The van der Waals surface area contributed by atoms with Crippen molar-refractivity contribution in [2.75, 3.05) is 4.90 Å². The molecule has 2 nitrogen and oxygen atoms in total. The largest absolute Gasteiger partial charge is 0.460 e. The van der Waals surface area contributed by atoms with Gasteiger partial charge in [-0.2, -0.15) is 0 Å². The molecular weight excluding hydrogens is 799 g/mol. The van der Waals surface area contributed by atoms with Crippen molar-refractivity contribution in [2.24, 2.45) is 0 Å². The highest BCUT2D eigenvalue weighted by Crippen LogP contribution is 2.64. The number of anilines is 3. The van der Waals surface area contributed by atoms with Gasteiger partial charge in [0.05, 0.1) is 11.1 Å². The smallest absolute Gasteiger partial charge is 0.135 e. The average molecular weight is 844 g/mol. The summed E-state index contributed by atoms with van der Waals surface area (Å²) in [5.41, 5.74) is 25.7. The number of furan rings is 1. The van der Waals surface area contributed by atoms with E-state index in [-0.39, 0.29) is 5.41 Å². The van der Waals surface area contributed by atoms with Crippen molar-refractivity contribution in [3.8, 4) is 55.6 Å². The second-order valence-electron chi connectivity index (χ2n) is 19.0. The Labute approximate surface area is 385 Å². The Balaban J connectivity index is 0.968. The molecule has 0 amide bonds. The third kappa shape index (κ3) is 5.02. The fourth-order valence-electron chi connectivity index (χ4n) is 12.5. The lowest BCUT2D eigenvalue weighted by molar-refractivity contribution is 0.546. The molecule has 4 aliphatic carbocycles. The van der Waals surface area contributed by atoms with Gasteiger partial charge in [0, 0.05) is 39.7 Å². The Bertz CT molecular complexity index is 3650. The van der Waals surface area contributed by atoms with Crippen LogP contribution in [0.3, 0.4) is 0 Å². The molecule has 4 aliphatic rings. The fourth-order valence-corrected chi connectivity index (χ4v) is 12.5. The van der Waals surface area contributed by atoms with Crippen molar-refractivity contribution in [1.29, 1.82) is 0 Å². The lowest BCUT2D eigenvalue weighted by Crippen LogP contribution is -2.25. The highest BCUT2D eigenvalue weighted by molar-refractivity contribution is 6.03. The number of nitrogens with zero attached hydrogens (tertiary/aromatic N) is 1. The standard InChI is InChI=1S/C64H45NO/c1-63(2)53-23-9-3-16-44(53)47-37-35-43(39-58(47)63)65(42-33-30-40(31-34-42)41-32-36-50-49-20-8-14-29-60(49)66-61(50)38-41)59-28-13-7-19-48(59)51-22-15-27-57-62(51)52-21-6-12-26-56(52)64(57)54-24-10-4-17-45(54)46-18-5-11-25-55(46)64/h3-13,15-28,30-39H,14,29H2,1-2H3. The molecule has 1 aromatic heterocycles. The molecule has 1 spiro atoms. The van der Waals surface area contributed by atoms with Crippen molar-refractivity contribution < 1.29 is 4.42 Å². The molecule has 0 saturated heterocycles. The van der Waals surface area contributed by atoms with Crippen LogP contribution in [-0.4, -0.2) is 0 Å². The van der Waals surface area contributed by atoms with Crippen molar-refractivity contribution in [3.63, 3.8) is 0 Å². The van der Waals surface area contributed by atoms with E-state index in [1.807, 2.05) is 0 Å². The Morgan fingerprint density at radius 2 is 1.00 bits per heavy atom. The van der Waals surface area contributed by atoms with Gasteiger partial charge in [-0.3, -0.25) is 0 Å². The first kappa shape index (κ1) is 37.4. The van der Waals surface area contributed by atoms with Gasteiger partial charge < -0.3 is 9.32 Å². The minimum absolute atomic E-state index is 0.150. The SMILES string of the molecule is CC1(C)c2ccccc2-c2ccc(N(c3ccc(-c4ccc5c6c(oc5c4)CCC=C6)cc3)c3ccccc3-c3cccc4c3-c3ccccc3C43c4ccccc4-c4ccccc43)cc21. The molecule has 0 atom stereocenters. The van der Waals surface area contributed by atoms with E-state index in [9.17, 15) is 0 Å². The van der Waals surface area contributed by atoms with Gasteiger partial charge in [0.15, 0.2) is 0 Å². The summed E-state index contributed by atoms with van der Waals surface area (Å²) in [4.78, 5) is 2.49. The first-order valence-corrected chi connectivity index (χ1v) is 23.4. The summed E-state index contributed by atoms with van der Waals surface area (Å²) < 4.78 is 6.42. The molecule has 0 saturated carbocycles. The van der Waals surface area contributed by atoms with Crippen LogP contribution < -0.4 is 4.90 Å². The van der Waals surface area contributed by atoms with Crippen LogP contribution in [0.5, 0.6) is 0 Å². The van der Waals surface area contributed by atoms with Crippen molar-refractivity contribution >= 4 is 34.1 Å². The predicted molar refractivity (Wildman–Crippen MR) is 273 cm³/mol. The second-order valence-corrected chi connectivity index (χ2v) is 19.0. The molecule has 0 unspecified atom stereocenters. The van der Waals surface area contributed by atoms with Crippen LogP contribution >= 0.6 is 0 Å². The third-order valence-corrected chi connectivity index (χ3v) is 15.4. The number of benzene rings is 9. The summed E-state index contributed by atoms with van der Waals surface area (Å²) in [6.07, 6.45) is 6.45. The maximum Gasteiger partial charge on any atom is 0.135 e. The maximum atomic E-state index is 6.42. The number of rotatable bonds is 5. The molecule has 0 N–H and O–H groups in total. The van der Waals surface area contributed by atoms with Crippen LogP contribution in [0.4, 0.5) is 17.1 Å². The van der Waals surface area contributed by atoms with Crippen LogP contribution in [-0.2, 0) is 17.3 Å². The summed E-state index contributed by atoms with van der Waals surface area (Å²) in [6, 6.07) is 75.2. The summed E-state index contributed by atoms with van der Waals surface area (Å²) in [5, 5.41) is 1.19. The Kier molecular flexibility index (Phi) is 7.82. The van der Waals surface area contributed by atoms with E-state index in [4.69, 9.17) is 4.42 Å². The third-order valence-electron chi connectivity index (χ3n) is 15.4. The first-order valence-electron chi connectivity index (χ1n) is 23.4. The van der Waals surface area contributed by atoms with E-state index >= 15 is 0 Å². The van der Waals surface area contributed by atoms with E-state index in [1.165, 1.54) is 88.8 Å². The van der Waals surface area contributed by atoms with Gasteiger partial charge in [0.25, 0.3) is 0 Å². The van der Waals surface area contributed by atoms with E-state index < -0.39 is 5.41 Å². The fraction of sp³-hybridized carbons (Fsp3) is 0.0938. The zero-order valence-corrected chi connectivity index (χ0v) is 37.0. The lowest BCUT2D eigenvalue weighted by atomic mass is 9.70. The van der Waals surface area contributed by atoms with Crippen molar-refractivity contribution in [3.05, 3.63) is 251 Å². The highest BCUT2D eigenvalue weighted by atomic mass is 16.3. The van der Waals surface area contributed by atoms with Gasteiger partial charge in [0.1, 0.15) is 11.3 Å². The minimum Gasteiger partial charge on any atom is -0.460 e. The molecule has 0 radical (unpaired) electrons. The molecule has 312 valence electrons. The van der Waals surface area contributed by atoms with Crippen molar-refractivity contribution in [1.82, 2.24) is 0 Å². The summed E-state index contributed by atoms with van der Waals surface area (Å²) in [6.45, 7) is 4.74. The lowest BCUT2D eigenvalue weighted by Gasteiger charge is -2.31. The monoisotopic (exact) mass is 843 g/mol. The van der Waals surface area contributed by atoms with Crippen molar-refractivity contribution in [2.45, 2.75) is 37.5 Å². The molecule has 66 heavy (non-hydrogen) atoms. The number of hydrogen-bond donors (Lipinski definition) is 0. The molecule has 0 aliphatic heterocycles. The van der Waals surface area contributed by atoms with Crippen LogP contribution in [0, 0.1) is 0 Å². The first-order chi connectivity index (χ1) is 32.5. The van der Waals surface area contributed by atoms with Gasteiger partial charge in [-0.05, 0) is 132 Å². The normalized spacial score (nSPS) is 14.9. The van der Waals surface area contributed by atoms with Crippen LogP contribution in [0.2, 0.25) is 0 Å². The molecule has 14 rings (SSSR count). The zero-order valence-electron chi connectivity index (χ0n) is 37.0. The van der Waals surface area contributed by atoms with Gasteiger partial charge in [0.2, 0.25) is 0 Å². The summed E-state index contributed by atoms with van der Waals surface area (Å²) in [7, 11) is 0.